The first-order chi connectivity index (χ1) is 11.0. The maximum Gasteiger partial charge on any atom is 0.275 e. The van der Waals surface area contributed by atoms with Crippen molar-refractivity contribution in [3.63, 3.8) is 0 Å². The first-order valence-electron chi connectivity index (χ1n) is 7.60. The number of amides is 1. The molecule has 0 radical (unpaired) electrons. The van der Waals surface area contributed by atoms with E-state index in [0.717, 1.165) is 5.56 Å². The van der Waals surface area contributed by atoms with Gasteiger partial charge in [-0.05, 0) is 31.5 Å². The molecule has 2 aromatic rings. The minimum atomic E-state index is -0.160. The van der Waals surface area contributed by atoms with E-state index in [9.17, 15) is 4.79 Å². The summed E-state index contributed by atoms with van der Waals surface area (Å²) in [4.78, 5) is 12.1. The summed E-state index contributed by atoms with van der Waals surface area (Å²) in [6.45, 7) is 4.36. The highest BCUT2D eigenvalue weighted by Gasteiger charge is 2.15. The molecule has 0 saturated carbocycles. The van der Waals surface area contributed by atoms with Gasteiger partial charge in [-0.3, -0.25) is 4.79 Å². The van der Waals surface area contributed by atoms with Gasteiger partial charge in [0.05, 0.1) is 6.04 Å². The molecule has 0 unspecified atom stereocenters. The molecule has 0 aliphatic carbocycles. The summed E-state index contributed by atoms with van der Waals surface area (Å²) in [5, 5.41) is 6.13. The van der Waals surface area contributed by atoms with E-state index < -0.39 is 0 Å². The van der Waals surface area contributed by atoms with Crippen LogP contribution in [0.5, 0.6) is 0 Å². The molecule has 0 spiro atoms. The monoisotopic (exact) mass is 351 g/mol. The Labute approximate surface area is 147 Å². The normalized spacial score (nSPS) is 13.4. The quantitative estimate of drug-likeness (QED) is 0.821. The Hall–Kier alpha value is -1.55. The molecule has 2 aromatic carbocycles. The van der Waals surface area contributed by atoms with E-state index in [1.54, 1.807) is 12.1 Å². The van der Waals surface area contributed by atoms with Crippen molar-refractivity contribution in [2.45, 2.75) is 25.9 Å². The van der Waals surface area contributed by atoms with Crippen molar-refractivity contribution in [3.8, 4) is 0 Å². The number of hydrogen-bond acceptors (Lipinski definition) is 1. The van der Waals surface area contributed by atoms with Crippen LogP contribution < -0.4 is 10.6 Å². The molecule has 0 aliphatic rings. The largest absolute Gasteiger partial charge is 0.345 e. The molecule has 0 saturated heterocycles. The molecule has 0 fully saturated rings. The van der Waals surface area contributed by atoms with Gasteiger partial charge >= 0.3 is 0 Å². The highest BCUT2D eigenvalue weighted by Crippen LogP contribution is 2.25. The highest BCUT2D eigenvalue weighted by atomic mass is 35.5. The summed E-state index contributed by atoms with van der Waals surface area (Å²) in [6, 6.07) is 15.5. The van der Waals surface area contributed by atoms with Gasteiger partial charge in [0.15, 0.2) is 6.54 Å². The van der Waals surface area contributed by atoms with Gasteiger partial charge in [-0.1, -0.05) is 59.6 Å². The first kappa shape index (κ1) is 17.8. The number of carbonyl (C=O) groups excluding carboxylic acids is 1. The molecule has 23 heavy (non-hydrogen) atoms. The van der Waals surface area contributed by atoms with E-state index in [1.165, 1.54) is 5.56 Å². The zero-order chi connectivity index (χ0) is 16.8. The van der Waals surface area contributed by atoms with Crippen molar-refractivity contribution in [3.05, 3.63) is 69.7 Å². The molecule has 3 N–H and O–H groups in total. The Balaban J connectivity index is 1.87. The standard InChI is InChI=1S/C18H20Cl2N2O/c1-12(14-6-4-3-5-7-14)21-11-18(23)22-13(2)16-9-8-15(19)10-17(16)20/h3-10,12-13,21H,11H2,1-2H3,(H,22,23)/p+1/t12-,13+/m0/s1. The number of nitrogens with two attached hydrogens (primary N) is 1. The molecular formula is C18H21Cl2N2O+. The summed E-state index contributed by atoms with van der Waals surface area (Å²) in [5.41, 5.74) is 2.06. The number of quaternary nitrogens is 1. The van der Waals surface area contributed by atoms with E-state index >= 15 is 0 Å². The molecule has 3 nitrogen and oxygen atoms in total. The lowest BCUT2D eigenvalue weighted by Gasteiger charge is -2.16. The van der Waals surface area contributed by atoms with Crippen LogP contribution in [0.25, 0.3) is 0 Å². The van der Waals surface area contributed by atoms with Gasteiger partial charge in [0, 0.05) is 15.6 Å². The van der Waals surface area contributed by atoms with Crippen molar-refractivity contribution in [1.82, 2.24) is 5.32 Å². The number of halogens is 2. The van der Waals surface area contributed by atoms with Crippen molar-refractivity contribution in [1.29, 1.82) is 0 Å². The fraction of sp³-hybridized carbons (Fsp3) is 0.278. The van der Waals surface area contributed by atoms with Crippen LogP contribution in [0.1, 0.15) is 37.1 Å². The molecular weight excluding hydrogens is 331 g/mol. The molecule has 1 amide bonds. The Kier molecular flexibility index (Phi) is 6.46. The Morgan fingerprint density at radius 2 is 1.83 bits per heavy atom. The second-order valence-electron chi connectivity index (χ2n) is 5.59. The summed E-state index contributed by atoms with van der Waals surface area (Å²) in [6.07, 6.45) is 0. The smallest absolute Gasteiger partial charge is 0.275 e. The lowest BCUT2D eigenvalue weighted by Crippen LogP contribution is -2.87. The summed E-state index contributed by atoms with van der Waals surface area (Å²) in [7, 11) is 0. The van der Waals surface area contributed by atoms with Crippen molar-refractivity contribution < 1.29 is 10.1 Å². The lowest BCUT2D eigenvalue weighted by atomic mass is 10.1. The van der Waals surface area contributed by atoms with Gasteiger partial charge in [-0.2, -0.15) is 0 Å². The number of benzene rings is 2. The zero-order valence-corrected chi connectivity index (χ0v) is 14.7. The van der Waals surface area contributed by atoms with Crippen molar-refractivity contribution >= 4 is 29.1 Å². The number of hydrogen-bond donors (Lipinski definition) is 2. The molecule has 122 valence electrons. The molecule has 0 aliphatic heterocycles. The van der Waals surface area contributed by atoms with E-state index in [0.29, 0.717) is 16.6 Å². The molecule has 0 bridgehead atoms. The molecule has 0 aromatic heterocycles. The fourth-order valence-corrected chi connectivity index (χ4v) is 2.98. The van der Waals surface area contributed by atoms with Crippen LogP contribution in [-0.2, 0) is 4.79 Å². The van der Waals surface area contributed by atoms with Gasteiger partial charge in [0.1, 0.15) is 6.04 Å². The second kappa shape index (κ2) is 8.34. The van der Waals surface area contributed by atoms with E-state index in [4.69, 9.17) is 23.2 Å². The predicted molar refractivity (Wildman–Crippen MR) is 94.7 cm³/mol. The van der Waals surface area contributed by atoms with E-state index in [2.05, 4.69) is 24.4 Å². The van der Waals surface area contributed by atoms with Gasteiger partial charge in [0.2, 0.25) is 0 Å². The molecule has 5 heteroatoms. The van der Waals surface area contributed by atoms with Gasteiger partial charge in [-0.25, -0.2) is 0 Å². The van der Waals surface area contributed by atoms with Crippen molar-refractivity contribution in [2.24, 2.45) is 0 Å². The maximum atomic E-state index is 12.1. The number of nitrogens with one attached hydrogen (secondary N) is 1. The van der Waals surface area contributed by atoms with Crippen LogP contribution in [0.2, 0.25) is 10.0 Å². The third kappa shape index (κ3) is 5.24. The average Bonchev–Trinajstić information content (AvgIpc) is 2.53. The first-order valence-corrected chi connectivity index (χ1v) is 8.35. The maximum absolute atomic E-state index is 12.1. The van der Waals surface area contributed by atoms with Crippen LogP contribution in [0.3, 0.4) is 0 Å². The van der Waals surface area contributed by atoms with Gasteiger partial charge in [-0.15, -0.1) is 0 Å². The van der Waals surface area contributed by atoms with Gasteiger partial charge in [0.25, 0.3) is 5.91 Å². The molecule has 2 rings (SSSR count). The Bertz CT molecular complexity index is 661. The topological polar surface area (TPSA) is 45.7 Å². The predicted octanol–water partition coefficient (Wildman–Crippen LogP) is 3.50. The Morgan fingerprint density at radius 1 is 1.13 bits per heavy atom. The Morgan fingerprint density at radius 3 is 2.48 bits per heavy atom. The van der Waals surface area contributed by atoms with Crippen LogP contribution in [-0.4, -0.2) is 12.5 Å². The SMILES string of the molecule is C[C@H]([NH2+]CC(=O)N[C@H](C)c1ccc(Cl)cc1Cl)c1ccccc1. The summed E-state index contributed by atoms with van der Waals surface area (Å²) < 4.78 is 0. The van der Waals surface area contributed by atoms with Crippen LogP contribution in [0.15, 0.2) is 48.5 Å². The van der Waals surface area contributed by atoms with Crippen LogP contribution >= 0.6 is 23.2 Å². The third-order valence-corrected chi connectivity index (χ3v) is 4.35. The zero-order valence-electron chi connectivity index (χ0n) is 13.2. The van der Waals surface area contributed by atoms with Gasteiger partial charge < -0.3 is 10.6 Å². The molecule has 0 heterocycles. The average molecular weight is 352 g/mol. The minimum Gasteiger partial charge on any atom is -0.345 e. The highest BCUT2D eigenvalue weighted by molar-refractivity contribution is 6.35. The lowest BCUT2D eigenvalue weighted by molar-refractivity contribution is -0.682. The molecule has 2 atom stereocenters. The third-order valence-electron chi connectivity index (χ3n) is 3.79. The van der Waals surface area contributed by atoms with Crippen molar-refractivity contribution in [2.75, 3.05) is 6.54 Å². The summed E-state index contributed by atoms with van der Waals surface area (Å²) in [5.74, 6) is -0.0219. The number of rotatable bonds is 6. The van der Waals surface area contributed by atoms with E-state index in [-0.39, 0.29) is 18.0 Å². The summed E-state index contributed by atoms with van der Waals surface area (Å²) >= 11 is 12.1. The number of carbonyl (C=O) groups is 1. The second-order valence-corrected chi connectivity index (χ2v) is 6.44. The van der Waals surface area contributed by atoms with Crippen LogP contribution in [0, 0.1) is 0 Å². The van der Waals surface area contributed by atoms with Crippen LogP contribution in [0.4, 0.5) is 0 Å². The fourth-order valence-electron chi connectivity index (χ4n) is 2.41. The minimum absolute atomic E-state index is 0.0219. The van der Waals surface area contributed by atoms with E-state index in [1.807, 2.05) is 36.5 Å².